The second-order valence-electron chi connectivity index (χ2n) is 4.38. The Hall–Kier alpha value is -0.0800. The van der Waals surface area contributed by atoms with Crippen LogP contribution in [-0.4, -0.2) is 30.6 Å². The van der Waals surface area contributed by atoms with Crippen molar-refractivity contribution in [2.24, 2.45) is 5.73 Å². The first-order chi connectivity index (χ1) is 6.24. The Bertz CT molecular complexity index is 136. The van der Waals surface area contributed by atoms with Gasteiger partial charge in [0.1, 0.15) is 0 Å². The number of hydrogen-bond donors (Lipinski definition) is 1. The summed E-state index contributed by atoms with van der Waals surface area (Å²) in [6.45, 7) is 3.46. The van der Waals surface area contributed by atoms with Crippen LogP contribution in [0, 0.1) is 0 Å². The highest BCUT2D eigenvalue weighted by Crippen LogP contribution is 2.19. The standard InChI is InChI=1S/C11H24N2/c1-3-10(12)7-8-11-6-4-5-9-13(11)2/h10-11H,3-9,12H2,1-2H3. The number of likely N-dealkylation sites (tertiary alicyclic amines) is 1. The van der Waals surface area contributed by atoms with Crippen LogP contribution in [-0.2, 0) is 0 Å². The Labute approximate surface area is 82.5 Å². The van der Waals surface area contributed by atoms with Gasteiger partial charge < -0.3 is 10.6 Å². The lowest BCUT2D eigenvalue weighted by Crippen LogP contribution is -2.37. The molecule has 2 unspecified atom stereocenters. The third kappa shape index (κ3) is 3.65. The molecule has 0 aromatic rings. The van der Waals surface area contributed by atoms with E-state index in [2.05, 4.69) is 18.9 Å². The van der Waals surface area contributed by atoms with Crippen LogP contribution in [0.2, 0.25) is 0 Å². The van der Waals surface area contributed by atoms with Crippen molar-refractivity contribution in [2.75, 3.05) is 13.6 Å². The smallest absolute Gasteiger partial charge is 0.00927 e. The van der Waals surface area contributed by atoms with Crippen molar-refractivity contribution in [3.63, 3.8) is 0 Å². The molecular formula is C11H24N2. The zero-order valence-corrected chi connectivity index (χ0v) is 9.13. The van der Waals surface area contributed by atoms with Crippen molar-refractivity contribution in [3.8, 4) is 0 Å². The molecule has 0 spiro atoms. The van der Waals surface area contributed by atoms with E-state index in [0.29, 0.717) is 6.04 Å². The summed E-state index contributed by atoms with van der Waals surface area (Å²) in [5, 5.41) is 0. The SMILES string of the molecule is CCC(N)CCC1CCCCN1C. The van der Waals surface area contributed by atoms with Crippen molar-refractivity contribution in [1.29, 1.82) is 0 Å². The molecule has 0 aromatic carbocycles. The molecule has 2 heteroatoms. The topological polar surface area (TPSA) is 29.3 Å². The Kier molecular flexibility index (Phi) is 4.74. The third-order valence-corrected chi connectivity index (χ3v) is 3.32. The molecule has 2 atom stereocenters. The van der Waals surface area contributed by atoms with Crippen LogP contribution < -0.4 is 5.73 Å². The van der Waals surface area contributed by atoms with E-state index in [4.69, 9.17) is 5.73 Å². The minimum atomic E-state index is 0.426. The van der Waals surface area contributed by atoms with Gasteiger partial charge in [-0.2, -0.15) is 0 Å². The average molecular weight is 184 g/mol. The Morgan fingerprint density at radius 2 is 2.23 bits per heavy atom. The summed E-state index contributed by atoms with van der Waals surface area (Å²) in [6.07, 6.45) is 7.80. The summed E-state index contributed by atoms with van der Waals surface area (Å²) in [5.74, 6) is 0. The highest BCUT2D eigenvalue weighted by atomic mass is 15.1. The molecule has 1 saturated heterocycles. The maximum atomic E-state index is 5.92. The maximum Gasteiger partial charge on any atom is 0.00927 e. The fraction of sp³-hybridized carbons (Fsp3) is 1.00. The summed E-state index contributed by atoms with van der Waals surface area (Å²) < 4.78 is 0. The van der Waals surface area contributed by atoms with Crippen molar-refractivity contribution in [1.82, 2.24) is 4.90 Å². The van der Waals surface area contributed by atoms with E-state index in [1.54, 1.807) is 0 Å². The molecule has 0 saturated carbocycles. The molecule has 1 fully saturated rings. The lowest BCUT2D eigenvalue weighted by Gasteiger charge is -2.33. The first-order valence-corrected chi connectivity index (χ1v) is 5.70. The van der Waals surface area contributed by atoms with E-state index in [0.717, 1.165) is 12.5 Å². The molecular weight excluding hydrogens is 160 g/mol. The van der Waals surface area contributed by atoms with Crippen LogP contribution in [0.15, 0.2) is 0 Å². The van der Waals surface area contributed by atoms with Crippen molar-refractivity contribution in [3.05, 3.63) is 0 Å². The minimum absolute atomic E-state index is 0.426. The Morgan fingerprint density at radius 3 is 2.85 bits per heavy atom. The molecule has 0 amide bonds. The van der Waals surface area contributed by atoms with Gasteiger partial charge in [-0.15, -0.1) is 0 Å². The van der Waals surface area contributed by atoms with Gasteiger partial charge in [0, 0.05) is 12.1 Å². The van der Waals surface area contributed by atoms with E-state index in [1.165, 1.54) is 38.6 Å². The number of piperidine rings is 1. The summed E-state index contributed by atoms with van der Waals surface area (Å²) in [7, 11) is 2.25. The van der Waals surface area contributed by atoms with Gasteiger partial charge >= 0.3 is 0 Å². The van der Waals surface area contributed by atoms with Gasteiger partial charge in [-0.25, -0.2) is 0 Å². The summed E-state index contributed by atoms with van der Waals surface area (Å²) in [4.78, 5) is 2.51. The van der Waals surface area contributed by atoms with Gasteiger partial charge in [0.05, 0.1) is 0 Å². The Balaban J connectivity index is 2.18. The van der Waals surface area contributed by atoms with E-state index in [9.17, 15) is 0 Å². The van der Waals surface area contributed by atoms with Crippen molar-refractivity contribution < 1.29 is 0 Å². The quantitative estimate of drug-likeness (QED) is 0.724. The highest BCUT2D eigenvalue weighted by Gasteiger charge is 2.18. The fourth-order valence-corrected chi connectivity index (χ4v) is 2.12. The summed E-state index contributed by atoms with van der Waals surface area (Å²) in [5.41, 5.74) is 5.92. The molecule has 13 heavy (non-hydrogen) atoms. The molecule has 1 rings (SSSR count). The fourth-order valence-electron chi connectivity index (χ4n) is 2.12. The van der Waals surface area contributed by atoms with Crippen LogP contribution in [0.4, 0.5) is 0 Å². The molecule has 78 valence electrons. The van der Waals surface area contributed by atoms with Crippen LogP contribution in [0.25, 0.3) is 0 Å². The first kappa shape index (κ1) is 11.0. The predicted octanol–water partition coefficient (Wildman–Crippen LogP) is 1.99. The molecule has 2 N–H and O–H groups in total. The van der Waals surface area contributed by atoms with Gasteiger partial charge in [-0.1, -0.05) is 13.3 Å². The molecule has 0 bridgehead atoms. The van der Waals surface area contributed by atoms with E-state index in [-0.39, 0.29) is 0 Å². The van der Waals surface area contributed by atoms with Crippen LogP contribution in [0.3, 0.4) is 0 Å². The zero-order valence-electron chi connectivity index (χ0n) is 9.13. The van der Waals surface area contributed by atoms with E-state index < -0.39 is 0 Å². The van der Waals surface area contributed by atoms with Gasteiger partial charge in [0.25, 0.3) is 0 Å². The van der Waals surface area contributed by atoms with Gasteiger partial charge in [0.15, 0.2) is 0 Å². The maximum absolute atomic E-state index is 5.92. The van der Waals surface area contributed by atoms with Crippen molar-refractivity contribution >= 4 is 0 Å². The van der Waals surface area contributed by atoms with Gasteiger partial charge in [-0.05, 0) is 45.7 Å². The Morgan fingerprint density at radius 1 is 1.46 bits per heavy atom. The average Bonchev–Trinajstić information content (AvgIpc) is 2.16. The van der Waals surface area contributed by atoms with Crippen LogP contribution in [0.5, 0.6) is 0 Å². The monoisotopic (exact) mass is 184 g/mol. The second-order valence-corrected chi connectivity index (χ2v) is 4.38. The lowest BCUT2D eigenvalue weighted by atomic mass is 9.96. The summed E-state index contributed by atoms with van der Waals surface area (Å²) in [6, 6.07) is 1.24. The van der Waals surface area contributed by atoms with Gasteiger partial charge in [0.2, 0.25) is 0 Å². The van der Waals surface area contributed by atoms with E-state index >= 15 is 0 Å². The zero-order chi connectivity index (χ0) is 9.68. The van der Waals surface area contributed by atoms with Gasteiger partial charge in [-0.3, -0.25) is 0 Å². The lowest BCUT2D eigenvalue weighted by molar-refractivity contribution is 0.171. The molecule has 1 aliphatic rings. The predicted molar refractivity (Wildman–Crippen MR) is 57.8 cm³/mol. The molecule has 1 heterocycles. The molecule has 2 nitrogen and oxygen atoms in total. The number of hydrogen-bond acceptors (Lipinski definition) is 2. The van der Waals surface area contributed by atoms with Crippen LogP contribution >= 0.6 is 0 Å². The second kappa shape index (κ2) is 5.61. The minimum Gasteiger partial charge on any atom is -0.328 e. The van der Waals surface area contributed by atoms with E-state index in [1.807, 2.05) is 0 Å². The largest absolute Gasteiger partial charge is 0.328 e. The highest BCUT2D eigenvalue weighted by molar-refractivity contribution is 4.75. The van der Waals surface area contributed by atoms with Crippen LogP contribution in [0.1, 0.15) is 45.4 Å². The number of rotatable bonds is 4. The van der Waals surface area contributed by atoms with Crippen molar-refractivity contribution in [2.45, 2.75) is 57.5 Å². The normalized spacial score (nSPS) is 27.5. The molecule has 0 radical (unpaired) electrons. The third-order valence-electron chi connectivity index (χ3n) is 3.32. The molecule has 1 aliphatic heterocycles. The molecule has 0 aromatic heterocycles. The summed E-state index contributed by atoms with van der Waals surface area (Å²) >= 11 is 0. The number of nitrogens with zero attached hydrogens (tertiary/aromatic N) is 1. The first-order valence-electron chi connectivity index (χ1n) is 5.70. The molecule has 0 aliphatic carbocycles. The number of nitrogens with two attached hydrogens (primary N) is 1.